The lowest BCUT2D eigenvalue weighted by molar-refractivity contribution is 0.339. The summed E-state index contributed by atoms with van der Waals surface area (Å²) in [5, 5.41) is 0. The second kappa shape index (κ2) is 5.06. The molecule has 4 nitrogen and oxygen atoms in total. The van der Waals surface area contributed by atoms with Gasteiger partial charge in [0.25, 0.3) is 5.56 Å². The topological polar surface area (TPSA) is 52.9 Å². The first-order valence-corrected chi connectivity index (χ1v) is 7.49. The standard InChI is InChI=1S/C15H27N3O/c1-5-10-17-13(15(2,3)4)12(16)14(19)18(17)11-8-6-7-9-11/h11H,5-10,16H2,1-4H3. The van der Waals surface area contributed by atoms with E-state index in [0.717, 1.165) is 31.5 Å². The van der Waals surface area contributed by atoms with Gasteiger partial charge in [-0.2, -0.15) is 0 Å². The highest BCUT2D eigenvalue weighted by Crippen LogP contribution is 2.33. The molecule has 2 N–H and O–H groups in total. The van der Waals surface area contributed by atoms with Gasteiger partial charge in [0, 0.05) is 12.0 Å². The van der Waals surface area contributed by atoms with E-state index in [2.05, 4.69) is 32.4 Å². The predicted octanol–water partition coefficient (Wildman–Crippen LogP) is 3.05. The van der Waals surface area contributed by atoms with Crippen LogP contribution in [0.1, 0.15) is 71.5 Å². The SMILES string of the molecule is CCCn1c(C(C)(C)C)c(N)c(=O)n1C1CCCC1. The lowest BCUT2D eigenvalue weighted by Gasteiger charge is -2.25. The van der Waals surface area contributed by atoms with E-state index in [-0.39, 0.29) is 11.0 Å². The number of hydrogen-bond donors (Lipinski definition) is 1. The molecule has 19 heavy (non-hydrogen) atoms. The van der Waals surface area contributed by atoms with Crippen LogP contribution in [0.3, 0.4) is 0 Å². The Kier molecular flexibility index (Phi) is 3.79. The molecule has 0 unspecified atom stereocenters. The van der Waals surface area contributed by atoms with Gasteiger partial charge in [0.1, 0.15) is 5.69 Å². The lowest BCUT2D eigenvalue weighted by Crippen LogP contribution is -2.28. The number of nitrogens with two attached hydrogens (primary N) is 1. The summed E-state index contributed by atoms with van der Waals surface area (Å²) in [4.78, 5) is 12.5. The van der Waals surface area contributed by atoms with E-state index in [1.54, 1.807) is 0 Å². The molecule has 1 aromatic rings. The van der Waals surface area contributed by atoms with Crippen LogP contribution in [0.15, 0.2) is 4.79 Å². The van der Waals surface area contributed by atoms with Gasteiger partial charge in [-0.15, -0.1) is 0 Å². The monoisotopic (exact) mass is 265 g/mol. The number of aromatic nitrogens is 2. The second-order valence-corrected chi connectivity index (χ2v) is 6.72. The Morgan fingerprint density at radius 1 is 1.26 bits per heavy atom. The van der Waals surface area contributed by atoms with Crippen LogP contribution in [-0.2, 0) is 12.0 Å². The zero-order chi connectivity index (χ0) is 14.2. The molecule has 0 amide bonds. The summed E-state index contributed by atoms with van der Waals surface area (Å²) in [5.41, 5.74) is 7.52. The van der Waals surface area contributed by atoms with Crippen LogP contribution in [0, 0.1) is 0 Å². The van der Waals surface area contributed by atoms with Gasteiger partial charge in [0.2, 0.25) is 0 Å². The molecule has 0 spiro atoms. The molecular formula is C15H27N3O. The Morgan fingerprint density at radius 3 is 2.32 bits per heavy atom. The minimum Gasteiger partial charge on any atom is -0.393 e. The van der Waals surface area contributed by atoms with Crippen molar-refractivity contribution in [3.8, 4) is 0 Å². The van der Waals surface area contributed by atoms with Crippen LogP contribution in [0.4, 0.5) is 5.69 Å². The van der Waals surface area contributed by atoms with Crippen molar-refractivity contribution in [2.24, 2.45) is 0 Å². The third-order valence-electron chi connectivity index (χ3n) is 4.03. The van der Waals surface area contributed by atoms with Crippen molar-refractivity contribution < 1.29 is 0 Å². The van der Waals surface area contributed by atoms with E-state index < -0.39 is 0 Å². The summed E-state index contributed by atoms with van der Waals surface area (Å²) in [6.45, 7) is 9.40. The van der Waals surface area contributed by atoms with Crippen molar-refractivity contribution in [2.75, 3.05) is 5.73 Å². The number of anilines is 1. The molecular weight excluding hydrogens is 238 g/mol. The number of rotatable bonds is 3. The first kappa shape index (κ1) is 14.2. The van der Waals surface area contributed by atoms with Gasteiger partial charge in [-0.3, -0.25) is 9.48 Å². The number of hydrogen-bond acceptors (Lipinski definition) is 2. The fourth-order valence-corrected chi connectivity index (χ4v) is 3.32. The van der Waals surface area contributed by atoms with Gasteiger partial charge < -0.3 is 5.73 Å². The van der Waals surface area contributed by atoms with Crippen LogP contribution < -0.4 is 11.3 Å². The Balaban J connectivity index is 2.62. The summed E-state index contributed by atoms with van der Waals surface area (Å²) in [6, 6.07) is 0.345. The maximum atomic E-state index is 12.5. The van der Waals surface area contributed by atoms with Crippen molar-refractivity contribution >= 4 is 5.69 Å². The molecule has 1 fully saturated rings. The molecule has 108 valence electrons. The van der Waals surface area contributed by atoms with Crippen LogP contribution in [0.5, 0.6) is 0 Å². The highest BCUT2D eigenvalue weighted by molar-refractivity contribution is 5.45. The third-order valence-corrected chi connectivity index (χ3v) is 4.03. The van der Waals surface area contributed by atoms with Gasteiger partial charge in [-0.25, -0.2) is 4.68 Å². The van der Waals surface area contributed by atoms with Gasteiger partial charge in [0.15, 0.2) is 0 Å². The minimum atomic E-state index is -0.0950. The number of nitrogens with zero attached hydrogens (tertiary/aromatic N) is 2. The Labute approximate surface area is 115 Å². The molecule has 0 radical (unpaired) electrons. The Morgan fingerprint density at radius 2 is 1.84 bits per heavy atom. The van der Waals surface area contributed by atoms with Crippen LogP contribution >= 0.6 is 0 Å². The van der Waals surface area contributed by atoms with E-state index in [1.807, 2.05) is 4.68 Å². The quantitative estimate of drug-likeness (QED) is 0.913. The fraction of sp³-hybridized carbons (Fsp3) is 0.800. The molecule has 4 heteroatoms. The van der Waals surface area contributed by atoms with Gasteiger partial charge >= 0.3 is 0 Å². The first-order valence-electron chi connectivity index (χ1n) is 7.49. The van der Waals surface area contributed by atoms with Crippen molar-refractivity contribution in [1.82, 2.24) is 9.36 Å². The van der Waals surface area contributed by atoms with Gasteiger partial charge in [-0.05, 0) is 19.3 Å². The third kappa shape index (κ3) is 2.45. The minimum absolute atomic E-state index is 0.0188. The van der Waals surface area contributed by atoms with Crippen molar-refractivity contribution in [3.63, 3.8) is 0 Å². The zero-order valence-electron chi connectivity index (χ0n) is 12.7. The van der Waals surface area contributed by atoms with Crippen LogP contribution in [0.2, 0.25) is 0 Å². The zero-order valence-corrected chi connectivity index (χ0v) is 12.7. The van der Waals surface area contributed by atoms with Gasteiger partial charge in [0.05, 0.1) is 11.7 Å². The van der Waals surface area contributed by atoms with E-state index in [9.17, 15) is 4.79 Å². The normalized spacial score (nSPS) is 17.3. The van der Waals surface area contributed by atoms with Crippen molar-refractivity contribution in [3.05, 3.63) is 16.0 Å². The maximum absolute atomic E-state index is 12.5. The van der Waals surface area contributed by atoms with Gasteiger partial charge in [-0.1, -0.05) is 40.5 Å². The van der Waals surface area contributed by atoms with E-state index in [4.69, 9.17) is 5.73 Å². The van der Waals surface area contributed by atoms with Crippen molar-refractivity contribution in [2.45, 2.75) is 77.8 Å². The van der Waals surface area contributed by atoms with E-state index in [0.29, 0.717) is 11.7 Å². The summed E-state index contributed by atoms with van der Waals surface area (Å²) < 4.78 is 4.11. The molecule has 1 heterocycles. The molecule has 1 aliphatic rings. The Hall–Kier alpha value is -1.19. The molecule has 1 aromatic heterocycles. The molecule has 0 bridgehead atoms. The second-order valence-electron chi connectivity index (χ2n) is 6.72. The van der Waals surface area contributed by atoms with Crippen molar-refractivity contribution in [1.29, 1.82) is 0 Å². The average Bonchev–Trinajstić information content (AvgIpc) is 2.87. The number of nitrogen functional groups attached to an aromatic ring is 1. The molecule has 1 aliphatic carbocycles. The first-order chi connectivity index (χ1) is 8.88. The highest BCUT2D eigenvalue weighted by Gasteiger charge is 2.30. The largest absolute Gasteiger partial charge is 0.393 e. The fourth-order valence-electron chi connectivity index (χ4n) is 3.32. The smallest absolute Gasteiger partial charge is 0.290 e. The van der Waals surface area contributed by atoms with Crippen LogP contribution in [0.25, 0.3) is 0 Å². The summed E-state index contributed by atoms with van der Waals surface area (Å²) >= 11 is 0. The average molecular weight is 265 g/mol. The van der Waals surface area contributed by atoms with E-state index >= 15 is 0 Å². The molecule has 2 rings (SSSR count). The maximum Gasteiger partial charge on any atom is 0.290 e. The Bertz CT molecular complexity index is 499. The molecule has 0 aliphatic heterocycles. The molecule has 0 saturated heterocycles. The summed E-state index contributed by atoms with van der Waals surface area (Å²) in [7, 11) is 0. The molecule has 0 atom stereocenters. The van der Waals surface area contributed by atoms with Crippen LogP contribution in [-0.4, -0.2) is 9.36 Å². The predicted molar refractivity (Wildman–Crippen MR) is 79.6 cm³/mol. The molecule has 1 saturated carbocycles. The summed E-state index contributed by atoms with van der Waals surface area (Å²) in [5.74, 6) is 0. The van der Waals surface area contributed by atoms with E-state index in [1.165, 1.54) is 12.8 Å². The summed E-state index contributed by atoms with van der Waals surface area (Å²) in [6.07, 6.45) is 5.68. The lowest BCUT2D eigenvalue weighted by atomic mass is 9.91. The molecule has 0 aromatic carbocycles. The highest BCUT2D eigenvalue weighted by atomic mass is 16.1.